The SMILES string of the molecule is CC1(C)C(=CC=C2CCCC(C=CC3=[N+](CC(=O)NC4C(O)OC(CO)C(O)C4O)c4ccccc4C3(C)C)=C2Oc2ccc(C[C@H](CC(=O)[C@H](Cc3ccccc3)NC(=O)CCCCC(=O)CC[C@@H](NC(=O)NCCCC(=O)O)C(=O)O)C(=O)O)cc2)N(CC(=O)NC2C(O)OC(CO)C(O)C2O)c2ccc(S(=O)(=O)O)cc21. The summed E-state index contributed by atoms with van der Waals surface area (Å²) in [5.74, 6) is -7.39. The van der Waals surface area contributed by atoms with Crippen molar-refractivity contribution in [2.24, 2.45) is 5.92 Å². The summed E-state index contributed by atoms with van der Waals surface area (Å²) >= 11 is 0. The number of carbonyl (C=O) groups is 9. The molecule has 2 saturated heterocycles. The third-order valence-electron chi connectivity index (χ3n) is 21.1. The molecular weight excluding hydrogens is 1510 g/mol. The Morgan fingerprint density at radius 1 is 0.640 bits per heavy atom. The number of rotatable bonds is 37. The van der Waals surface area contributed by atoms with Gasteiger partial charge in [0.1, 0.15) is 78.6 Å². The molecule has 34 heteroatoms. The molecule has 1 aliphatic carbocycles. The average molecular weight is 1610 g/mol. The van der Waals surface area contributed by atoms with Gasteiger partial charge in [-0.1, -0.05) is 80.6 Å². The highest BCUT2D eigenvalue weighted by Gasteiger charge is 2.49. The lowest BCUT2D eigenvalue weighted by Gasteiger charge is -2.40. The molecule has 9 rings (SSSR count). The van der Waals surface area contributed by atoms with E-state index in [1.165, 1.54) is 12.1 Å². The largest absolute Gasteiger partial charge is 0.481 e. The van der Waals surface area contributed by atoms with Gasteiger partial charge in [-0.15, -0.1) is 0 Å². The molecule has 5 aliphatic rings. The summed E-state index contributed by atoms with van der Waals surface area (Å²) in [6.07, 6.45) is -5.70. The summed E-state index contributed by atoms with van der Waals surface area (Å²) in [5, 5.41) is 126. The number of aliphatic hydroxyl groups excluding tert-OH is 8. The Morgan fingerprint density at radius 2 is 1.26 bits per heavy atom. The van der Waals surface area contributed by atoms with Gasteiger partial charge in [0.2, 0.25) is 24.0 Å². The molecule has 4 aliphatic heterocycles. The van der Waals surface area contributed by atoms with E-state index in [9.17, 15) is 107 Å². The first kappa shape index (κ1) is 88.0. The van der Waals surface area contributed by atoms with E-state index >= 15 is 0 Å². The van der Waals surface area contributed by atoms with Crippen LogP contribution in [-0.2, 0) is 81.6 Å². The lowest BCUT2D eigenvalue weighted by atomic mass is 9.81. The van der Waals surface area contributed by atoms with Crippen LogP contribution in [0, 0.1) is 5.92 Å². The van der Waals surface area contributed by atoms with Gasteiger partial charge in [0.05, 0.1) is 35.5 Å². The molecule has 0 spiro atoms. The predicted molar refractivity (Wildman–Crippen MR) is 407 cm³/mol. The first-order valence-corrected chi connectivity index (χ1v) is 39.0. The van der Waals surface area contributed by atoms with Crippen molar-refractivity contribution in [3.8, 4) is 5.75 Å². The monoisotopic (exact) mass is 1610 g/mol. The predicted octanol–water partition coefficient (Wildman–Crippen LogP) is 2.28. The highest BCUT2D eigenvalue weighted by molar-refractivity contribution is 7.85. The molecule has 0 radical (unpaired) electrons. The summed E-state index contributed by atoms with van der Waals surface area (Å²) in [5.41, 5.74) is 3.61. The van der Waals surface area contributed by atoms with E-state index < -0.39 is 179 Å². The van der Waals surface area contributed by atoms with E-state index in [4.69, 9.17) is 19.3 Å². The van der Waals surface area contributed by atoms with Gasteiger partial charge in [-0.05, 0) is 142 Å². The molecule has 0 aromatic heterocycles. The smallest absolute Gasteiger partial charge is 0.326 e. The number of fused-ring (bicyclic) bond motifs is 2. The van der Waals surface area contributed by atoms with Gasteiger partial charge in [0.25, 0.3) is 16.0 Å². The van der Waals surface area contributed by atoms with Gasteiger partial charge in [0.15, 0.2) is 24.1 Å². The number of nitrogens with zero attached hydrogens (tertiary/aromatic N) is 2. The Labute approximate surface area is 657 Å². The maximum absolute atomic E-state index is 14.4. The van der Waals surface area contributed by atoms with Crippen LogP contribution in [-0.4, -0.2) is 239 Å². The number of carbonyl (C=O) groups excluding carboxylic acids is 6. The fourth-order valence-electron chi connectivity index (χ4n) is 14.8. The Hall–Kier alpha value is -9.95. The molecule has 0 bridgehead atoms. The highest BCUT2D eigenvalue weighted by atomic mass is 32.2. The Morgan fingerprint density at radius 3 is 1.89 bits per heavy atom. The fourth-order valence-corrected chi connectivity index (χ4v) is 15.3. The number of hydrogen-bond donors (Lipinski definition) is 17. The highest BCUT2D eigenvalue weighted by Crippen LogP contribution is 2.49. The van der Waals surface area contributed by atoms with Crippen LogP contribution in [0.3, 0.4) is 0 Å². The molecule has 33 nitrogen and oxygen atoms in total. The minimum absolute atomic E-state index is 0.0152. The molecule has 616 valence electrons. The summed E-state index contributed by atoms with van der Waals surface area (Å²) < 4.78 is 54.9. The lowest BCUT2D eigenvalue weighted by Crippen LogP contribution is -2.64. The van der Waals surface area contributed by atoms with Crippen LogP contribution in [0.2, 0.25) is 0 Å². The van der Waals surface area contributed by atoms with Gasteiger partial charge in [-0.25, -0.2) is 9.59 Å². The van der Waals surface area contributed by atoms with Crippen molar-refractivity contribution in [1.82, 2.24) is 26.6 Å². The normalized spacial score (nSPS) is 24.0. The molecule has 13 atom stereocenters. The van der Waals surface area contributed by atoms with Crippen LogP contribution >= 0.6 is 0 Å². The van der Waals surface area contributed by atoms with Crippen LogP contribution in [0.15, 0.2) is 149 Å². The van der Waals surface area contributed by atoms with Crippen molar-refractivity contribution < 1.29 is 131 Å². The number of amides is 5. The lowest BCUT2D eigenvalue weighted by molar-refractivity contribution is -0.425. The van der Waals surface area contributed by atoms with Crippen molar-refractivity contribution in [3.05, 3.63) is 166 Å². The minimum Gasteiger partial charge on any atom is -0.481 e. The molecule has 10 unspecified atom stereocenters. The molecule has 5 amide bonds. The number of nitrogens with one attached hydrogen (secondary N) is 5. The maximum atomic E-state index is 14.4. The third-order valence-corrected chi connectivity index (χ3v) is 21.9. The Bertz CT molecular complexity index is 4490. The zero-order chi connectivity index (χ0) is 83.1. The molecule has 17 N–H and O–H groups in total. The molecule has 114 heavy (non-hydrogen) atoms. The topological polar surface area (TPSA) is 525 Å². The number of para-hydroxylation sites is 1. The van der Waals surface area contributed by atoms with Crippen LogP contribution < -0.4 is 36.2 Å². The van der Waals surface area contributed by atoms with Crippen molar-refractivity contribution in [2.45, 2.75) is 207 Å². The van der Waals surface area contributed by atoms with Crippen LogP contribution in [0.4, 0.5) is 16.2 Å². The van der Waals surface area contributed by atoms with Crippen molar-refractivity contribution in [3.63, 3.8) is 0 Å². The number of Topliss-reactive ketones (excluding diaryl/α,β-unsaturated/α-hetero) is 2. The van der Waals surface area contributed by atoms with E-state index in [1.807, 2.05) is 44.2 Å². The maximum Gasteiger partial charge on any atom is 0.326 e. The molecular formula is C80H100N7O26S+. The number of allylic oxidation sites excluding steroid dienone is 7. The van der Waals surface area contributed by atoms with Gasteiger partial charge < -0.3 is 102 Å². The van der Waals surface area contributed by atoms with Crippen LogP contribution in [0.5, 0.6) is 5.75 Å². The van der Waals surface area contributed by atoms with Gasteiger partial charge in [-0.2, -0.15) is 13.0 Å². The van der Waals surface area contributed by atoms with E-state index in [0.29, 0.717) is 75.6 Å². The Kier molecular flexibility index (Phi) is 30.0. The summed E-state index contributed by atoms with van der Waals surface area (Å²) in [6.45, 7) is 5.04. The van der Waals surface area contributed by atoms with Gasteiger partial charge >= 0.3 is 23.9 Å². The van der Waals surface area contributed by atoms with Crippen LogP contribution in [0.1, 0.15) is 127 Å². The quantitative estimate of drug-likeness (QED) is 0.0175. The molecule has 2 fully saturated rings. The minimum atomic E-state index is -4.77. The Balaban J connectivity index is 0.988. The number of carboxylic acid groups (broad SMARTS) is 3. The van der Waals surface area contributed by atoms with Crippen LogP contribution in [0.25, 0.3) is 0 Å². The average Bonchev–Trinajstić information content (AvgIpc) is 1.61. The second-order valence-electron chi connectivity index (χ2n) is 29.9. The number of hydrogen-bond acceptors (Lipinski definition) is 23. The first-order chi connectivity index (χ1) is 54.0. The van der Waals surface area contributed by atoms with Crippen molar-refractivity contribution >= 4 is 80.4 Å². The number of benzene rings is 4. The standard InChI is InChI=1S/C80H99N7O26S/c1-79(2)52-19-9-10-20-56(52)86(40-64(93)84-67-71(99)69(97)59(42-88)112-76(67)105)61(79)33-25-46-16-12-17-47(26-34-62-80(3,4)53-39-51(114(108,109)110)30-32-57(53)87(62)41-65(94)85-68-72(100)70(98)60(43-89)113-77(68)106)73(46)111-50-28-23-45(24-29-50)36-48(74(101)102)38-58(91)55(37-44-14-6-5-7-15-44)82-63(92)21-11-8-18-49(90)27-31-54(75(103)104)83-78(107)81-35-13-22-66(95)96/h5-7,9-10,14-15,19-20,23-26,28-30,32-34,39,48,54-55,59-60,67-72,76-77,88-89,97-100,105-106H,8,11-13,16-18,21-22,27,31,35-38,40-43H2,1-4H3,(H8-,81,82,83,84,85,92,93,94,95,96,101,102,103,104,107,108,109,110)/p+1/t48-,54-,55+,59?,60?,67?,68?,69?,70?,71?,72?,76?,77?/m1/s1. The molecule has 4 aromatic rings. The second-order valence-corrected chi connectivity index (χ2v) is 31.4. The second kappa shape index (κ2) is 38.9. The van der Waals surface area contributed by atoms with Crippen molar-refractivity contribution in [1.29, 1.82) is 0 Å². The molecule has 4 heterocycles. The first-order valence-electron chi connectivity index (χ1n) is 37.5. The number of anilines is 1. The number of carboxylic acids is 3. The fraction of sp³-hybridized carbons (Fsp3) is 0.475. The number of aliphatic carboxylic acids is 3. The van der Waals surface area contributed by atoms with Gasteiger partial charge in [0, 0.05) is 73.2 Å². The third kappa shape index (κ3) is 22.1. The summed E-state index contributed by atoms with van der Waals surface area (Å²) in [4.78, 5) is 118. The van der Waals surface area contributed by atoms with E-state index in [2.05, 4.69) is 26.6 Å². The number of aliphatic hydroxyl groups is 8. The number of ketones is 2. The number of urea groups is 1. The van der Waals surface area contributed by atoms with E-state index in [0.717, 1.165) is 11.6 Å². The zero-order valence-electron chi connectivity index (χ0n) is 63.4. The zero-order valence-corrected chi connectivity index (χ0v) is 64.2. The van der Waals surface area contributed by atoms with Crippen molar-refractivity contribution in [2.75, 3.05) is 37.7 Å². The summed E-state index contributed by atoms with van der Waals surface area (Å²) in [7, 11) is -4.77. The van der Waals surface area contributed by atoms with E-state index in [1.54, 1.807) is 96.1 Å². The van der Waals surface area contributed by atoms with E-state index in [-0.39, 0.29) is 88.8 Å². The number of ether oxygens (including phenoxy) is 3. The molecule has 0 saturated carbocycles. The summed E-state index contributed by atoms with van der Waals surface area (Å²) in [6, 6.07) is 20.0. The number of unbranched alkanes of at least 4 members (excludes halogenated alkanes) is 1. The van der Waals surface area contributed by atoms with Gasteiger partial charge in [-0.3, -0.25) is 38.1 Å². The molecule has 4 aromatic carbocycles.